The molecule has 0 fully saturated rings. The molecule has 23 heavy (non-hydrogen) atoms. The maximum Gasteiger partial charge on any atom is 0.241 e. The summed E-state index contributed by atoms with van der Waals surface area (Å²) in [4.78, 5) is 0.288. The number of thiophene rings is 1. The molecular weight excluding hydrogens is 330 g/mol. The van der Waals surface area contributed by atoms with E-state index in [0.29, 0.717) is 5.39 Å². The van der Waals surface area contributed by atoms with E-state index < -0.39 is 10.0 Å². The number of rotatable bonds is 6. The fourth-order valence-corrected chi connectivity index (χ4v) is 4.45. The molecule has 4 nitrogen and oxygen atoms in total. The van der Waals surface area contributed by atoms with Crippen molar-refractivity contribution in [2.24, 2.45) is 0 Å². The van der Waals surface area contributed by atoms with Crippen molar-refractivity contribution in [2.45, 2.75) is 11.0 Å². The SMILES string of the molecule is COC(CNS(=O)(=O)c1cccc2ccccc12)c1ccsc1. The van der Waals surface area contributed by atoms with Gasteiger partial charge in [0.1, 0.15) is 0 Å². The van der Waals surface area contributed by atoms with Gasteiger partial charge < -0.3 is 4.74 Å². The molecule has 0 bridgehead atoms. The minimum absolute atomic E-state index is 0.193. The summed E-state index contributed by atoms with van der Waals surface area (Å²) >= 11 is 1.56. The van der Waals surface area contributed by atoms with Gasteiger partial charge in [-0.2, -0.15) is 11.3 Å². The molecule has 1 atom stereocenters. The standard InChI is InChI=1S/C17H17NO3S2/c1-21-16(14-9-10-22-12-14)11-18-23(19,20)17-8-4-6-13-5-2-3-7-15(13)17/h2-10,12,16,18H,11H2,1H3. The zero-order valence-electron chi connectivity index (χ0n) is 12.6. The molecular formula is C17H17NO3S2. The maximum absolute atomic E-state index is 12.7. The van der Waals surface area contributed by atoms with Crippen molar-refractivity contribution in [1.29, 1.82) is 0 Å². The average molecular weight is 347 g/mol. The minimum Gasteiger partial charge on any atom is -0.375 e. The van der Waals surface area contributed by atoms with E-state index in [4.69, 9.17) is 4.74 Å². The number of benzene rings is 2. The second kappa shape index (κ2) is 6.80. The number of methoxy groups -OCH3 is 1. The van der Waals surface area contributed by atoms with E-state index in [0.717, 1.165) is 10.9 Å². The molecule has 0 saturated carbocycles. The lowest BCUT2D eigenvalue weighted by molar-refractivity contribution is 0.107. The fraction of sp³-hybridized carbons (Fsp3) is 0.176. The lowest BCUT2D eigenvalue weighted by Crippen LogP contribution is -2.29. The third kappa shape index (κ3) is 3.45. The van der Waals surface area contributed by atoms with Gasteiger partial charge >= 0.3 is 0 Å². The summed E-state index contributed by atoms with van der Waals surface area (Å²) in [5.41, 5.74) is 0.970. The molecule has 1 aromatic heterocycles. The quantitative estimate of drug-likeness (QED) is 0.742. The molecule has 1 unspecified atom stereocenters. The number of nitrogens with one attached hydrogen (secondary N) is 1. The Kier molecular flexibility index (Phi) is 4.77. The van der Waals surface area contributed by atoms with Crippen molar-refractivity contribution in [3.05, 3.63) is 64.9 Å². The van der Waals surface area contributed by atoms with Crippen LogP contribution >= 0.6 is 11.3 Å². The van der Waals surface area contributed by atoms with Gasteiger partial charge in [-0.05, 0) is 33.8 Å². The van der Waals surface area contributed by atoms with Crippen LogP contribution in [-0.4, -0.2) is 22.1 Å². The highest BCUT2D eigenvalue weighted by molar-refractivity contribution is 7.89. The van der Waals surface area contributed by atoms with Crippen LogP contribution in [0, 0.1) is 0 Å². The topological polar surface area (TPSA) is 55.4 Å². The van der Waals surface area contributed by atoms with Crippen molar-refractivity contribution in [2.75, 3.05) is 13.7 Å². The lowest BCUT2D eigenvalue weighted by atomic mass is 10.1. The summed E-state index contributed by atoms with van der Waals surface area (Å²) < 4.78 is 33.4. The summed E-state index contributed by atoms with van der Waals surface area (Å²) in [5, 5.41) is 5.52. The van der Waals surface area contributed by atoms with Crippen LogP contribution in [0.5, 0.6) is 0 Å². The molecule has 0 amide bonds. The third-order valence-corrected chi connectivity index (χ3v) is 5.88. The van der Waals surface area contributed by atoms with Crippen LogP contribution in [-0.2, 0) is 14.8 Å². The van der Waals surface area contributed by atoms with Crippen molar-refractivity contribution in [3.8, 4) is 0 Å². The Hall–Kier alpha value is -1.73. The van der Waals surface area contributed by atoms with Crippen molar-refractivity contribution < 1.29 is 13.2 Å². The summed E-state index contributed by atoms with van der Waals surface area (Å²) in [5.74, 6) is 0. The smallest absolute Gasteiger partial charge is 0.241 e. The van der Waals surface area contributed by atoms with Gasteiger partial charge in [0.15, 0.2) is 0 Å². The molecule has 3 aromatic rings. The first kappa shape index (κ1) is 16.1. The molecule has 3 rings (SSSR count). The Labute approximate surface area is 139 Å². The van der Waals surface area contributed by atoms with Crippen LogP contribution in [0.4, 0.5) is 0 Å². The van der Waals surface area contributed by atoms with Crippen molar-refractivity contribution in [1.82, 2.24) is 4.72 Å². The average Bonchev–Trinajstić information content (AvgIpc) is 3.09. The molecule has 0 aliphatic heterocycles. The number of fused-ring (bicyclic) bond motifs is 1. The molecule has 0 saturated heterocycles. The first-order valence-electron chi connectivity index (χ1n) is 7.14. The van der Waals surface area contributed by atoms with E-state index >= 15 is 0 Å². The summed E-state index contributed by atoms with van der Waals surface area (Å²) in [6, 6.07) is 14.7. The third-order valence-electron chi connectivity index (χ3n) is 3.70. The minimum atomic E-state index is -3.61. The molecule has 0 spiro atoms. The van der Waals surface area contributed by atoms with Crippen LogP contribution < -0.4 is 4.72 Å². The van der Waals surface area contributed by atoms with E-state index in [2.05, 4.69) is 4.72 Å². The number of sulfonamides is 1. The normalized spacial score (nSPS) is 13.3. The Bertz CT molecular complexity index is 884. The van der Waals surface area contributed by atoms with Gasteiger partial charge in [-0.15, -0.1) is 0 Å². The van der Waals surface area contributed by atoms with E-state index in [1.807, 2.05) is 47.2 Å². The van der Waals surface area contributed by atoms with Crippen molar-refractivity contribution >= 4 is 32.1 Å². The van der Waals surface area contributed by atoms with Crippen molar-refractivity contribution in [3.63, 3.8) is 0 Å². The molecule has 0 aliphatic rings. The molecule has 0 aliphatic carbocycles. The summed E-state index contributed by atoms with van der Waals surface area (Å²) in [6.07, 6.45) is -0.300. The van der Waals surface area contributed by atoms with Crippen LogP contribution in [0.1, 0.15) is 11.7 Å². The van der Waals surface area contributed by atoms with Gasteiger partial charge in [-0.25, -0.2) is 13.1 Å². The molecule has 6 heteroatoms. The van der Waals surface area contributed by atoms with Gasteiger partial charge in [-0.1, -0.05) is 36.4 Å². The molecule has 1 N–H and O–H groups in total. The molecule has 2 aromatic carbocycles. The maximum atomic E-state index is 12.7. The van der Waals surface area contributed by atoms with Gasteiger partial charge in [0.2, 0.25) is 10.0 Å². The van der Waals surface area contributed by atoms with Gasteiger partial charge in [0, 0.05) is 19.0 Å². The van der Waals surface area contributed by atoms with Gasteiger partial charge in [-0.3, -0.25) is 0 Å². The molecule has 120 valence electrons. The predicted molar refractivity (Wildman–Crippen MR) is 93.2 cm³/mol. The Morgan fingerprint density at radius 1 is 1.13 bits per heavy atom. The van der Waals surface area contributed by atoms with Crippen LogP contribution in [0.15, 0.2) is 64.2 Å². The lowest BCUT2D eigenvalue weighted by Gasteiger charge is -2.16. The van der Waals surface area contributed by atoms with E-state index in [1.165, 1.54) is 0 Å². The van der Waals surface area contributed by atoms with Crippen LogP contribution in [0.3, 0.4) is 0 Å². The zero-order valence-corrected chi connectivity index (χ0v) is 14.2. The number of ether oxygens (including phenoxy) is 1. The molecule has 0 radical (unpaired) electrons. The Morgan fingerprint density at radius 2 is 1.91 bits per heavy atom. The van der Waals surface area contributed by atoms with Crippen LogP contribution in [0.2, 0.25) is 0 Å². The number of hydrogen-bond acceptors (Lipinski definition) is 4. The van der Waals surface area contributed by atoms with Gasteiger partial charge in [0.25, 0.3) is 0 Å². The summed E-state index contributed by atoms with van der Waals surface area (Å²) in [6.45, 7) is 0.193. The molecule has 1 heterocycles. The predicted octanol–water partition coefficient (Wildman–Crippen LogP) is 3.57. The largest absolute Gasteiger partial charge is 0.375 e. The first-order chi connectivity index (χ1) is 11.1. The Morgan fingerprint density at radius 3 is 2.65 bits per heavy atom. The second-order valence-corrected chi connectivity index (χ2v) is 7.63. The number of hydrogen-bond donors (Lipinski definition) is 1. The van der Waals surface area contributed by atoms with E-state index in [1.54, 1.807) is 30.6 Å². The highest BCUT2D eigenvalue weighted by atomic mass is 32.2. The summed E-state index contributed by atoms with van der Waals surface area (Å²) in [7, 11) is -2.03. The Balaban J connectivity index is 1.86. The highest BCUT2D eigenvalue weighted by Gasteiger charge is 2.20. The zero-order chi connectivity index (χ0) is 16.3. The van der Waals surface area contributed by atoms with E-state index in [9.17, 15) is 8.42 Å². The second-order valence-electron chi connectivity index (χ2n) is 5.11. The monoisotopic (exact) mass is 347 g/mol. The van der Waals surface area contributed by atoms with Crippen LogP contribution in [0.25, 0.3) is 10.8 Å². The highest BCUT2D eigenvalue weighted by Crippen LogP contribution is 2.24. The first-order valence-corrected chi connectivity index (χ1v) is 9.57. The van der Waals surface area contributed by atoms with Gasteiger partial charge in [0.05, 0.1) is 11.0 Å². The fourth-order valence-electron chi connectivity index (χ4n) is 2.49. The van der Waals surface area contributed by atoms with E-state index in [-0.39, 0.29) is 17.5 Å².